The van der Waals surface area contributed by atoms with Crippen LogP contribution in [0.2, 0.25) is 5.02 Å². The van der Waals surface area contributed by atoms with Gasteiger partial charge in [-0.3, -0.25) is 0 Å². The van der Waals surface area contributed by atoms with Crippen LogP contribution >= 0.6 is 22.9 Å². The number of aromatic nitrogens is 1. The number of halogens is 1. The third-order valence-corrected chi connectivity index (χ3v) is 4.39. The van der Waals surface area contributed by atoms with Crippen LogP contribution in [-0.2, 0) is 13.1 Å². The first-order valence-corrected chi connectivity index (χ1v) is 8.01. The molecule has 3 rings (SSSR count). The second kappa shape index (κ2) is 6.77. The molecule has 2 N–H and O–H groups in total. The molecule has 0 spiro atoms. The molecule has 0 saturated carbocycles. The van der Waals surface area contributed by atoms with E-state index in [2.05, 4.69) is 15.6 Å². The third kappa shape index (κ3) is 3.75. The maximum absolute atomic E-state index is 11.8. The van der Waals surface area contributed by atoms with Crippen molar-refractivity contribution in [3.05, 3.63) is 64.1 Å². The molecule has 0 fully saturated rings. The average Bonchev–Trinajstić information content (AvgIpc) is 2.95. The molecule has 0 bridgehead atoms. The van der Waals surface area contributed by atoms with Gasteiger partial charge in [-0.05, 0) is 29.8 Å². The first kappa shape index (κ1) is 14.8. The molecule has 0 aliphatic rings. The van der Waals surface area contributed by atoms with Crippen LogP contribution in [0.4, 0.5) is 4.79 Å². The number of para-hydroxylation sites is 1. The standard InChI is InChI=1S/C16H14ClN3OS/c17-12-7-5-11(6-8-12)9-18-16(21)19-10-15-20-13-3-1-2-4-14(13)22-15/h1-8H,9-10H2,(H2,18,19,21). The molecule has 0 unspecified atom stereocenters. The van der Waals surface area contributed by atoms with Gasteiger partial charge in [0, 0.05) is 11.6 Å². The Morgan fingerprint density at radius 3 is 2.55 bits per heavy atom. The van der Waals surface area contributed by atoms with Gasteiger partial charge < -0.3 is 10.6 Å². The Morgan fingerprint density at radius 2 is 1.77 bits per heavy atom. The van der Waals surface area contributed by atoms with Gasteiger partial charge in [0.15, 0.2) is 0 Å². The van der Waals surface area contributed by atoms with Gasteiger partial charge in [-0.1, -0.05) is 35.9 Å². The molecule has 2 amide bonds. The van der Waals surface area contributed by atoms with Crippen molar-refractivity contribution in [1.29, 1.82) is 0 Å². The molecule has 0 aliphatic heterocycles. The summed E-state index contributed by atoms with van der Waals surface area (Å²) in [5.74, 6) is 0. The summed E-state index contributed by atoms with van der Waals surface area (Å²) in [6, 6.07) is 15.1. The Kier molecular flexibility index (Phi) is 4.56. The Hall–Kier alpha value is -2.11. The number of amides is 2. The Labute approximate surface area is 137 Å². The Balaban J connectivity index is 1.50. The van der Waals surface area contributed by atoms with Gasteiger partial charge in [0.1, 0.15) is 5.01 Å². The summed E-state index contributed by atoms with van der Waals surface area (Å²) < 4.78 is 1.13. The zero-order chi connectivity index (χ0) is 15.4. The number of benzene rings is 2. The van der Waals surface area contributed by atoms with Crippen molar-refractivity contribution in [2.24, 2.45) is 0 Å². The van der Waals surface area contributed by atoms with Crippen molar-refractivity contribution in [2.75, 3.05) is 0 Å². The van der Waals surface area contributed by atoms with Gasteiger partial charge in [0.05, 0.1) is 16.8 Å². The summed E-state index contributed by atoms with van der Waals surface area (Å²) in [6.07, 6.45) is 0. The monoisotopic (exact) mass is 331 g/mol. The molecule has 0 atom stereocenters. The van der Waals surface area contributed by atoms with E-state index in [1.165, 1.54) is 0 Å². The van der Waals surface area contributed by atoms with E-state index in [0.29, 0.717) is 18.1 Å². The number of fused-ring (bicyclic) bond motifs is 1. The van der Waals surface area contributed by atoms with Crippen molar-refractivity contribution in [2.45, 2.75) is 13.1 Å². The van der Waals surface area contributed by atoms with Crippen LogP contribution in [0, 0.1) is 0 Å². The number of rotatable bonds is 4. The Bertz CT molecular complexity index is 752. The second-order valence-corrected chi connectivity index (χ2v) is 6.29. The second-order valence-electron chi connectivity index (χ2n) is 4.74. The van der Waals surface area contributed by atoms with Crippen LogP contribution in [-0.4, -0.2) is 11.0 Å². The molecule has 6 heteroatoms. The zero-order valence-electron chi connectivity index (χ0n) is 11.7. The first-order chi connectivity index (χ1) is 10.7. The molecule has 4 nitrogen and oxygen atoms in total. The third-order valence-electron chi connectivity index (χ3n) is 3.10. The maximum Gasteiger partial charge on any atom is 0.315 e. The molecule has 22 heavy (non-hydrogen) atoms. The molecular formula is C16H14ClN3OS. The lowest BCUT2D eigenvalue weighted by Gasteiger charge is -2.06. The summed E-state index contributed by atoms with van der Waals surface area (Å²) in [6.45, 7) is 0.884. The van der Waals surface area contributed by atoms with Crippen molar-refractivity contribution >= 4 is 39.2 Å². The highest BCUT2D eigenvalue weighted by Crippen LogP contribution is 2.21. The number of hydrogen-bond acceptors (Lipinski definition) is 3. The van der Waals surface area contributed by atoms with Crippen LogP contribution in [0.25, 0.3) is 10.2 Å². The number of nitrogens with one attached hydrogen (secondary N) is 2. The average molecular weight is 332 g/mol. The quantitative estimate of drug-likeness (QED) is 0.760. The van der Waals surface area contributed by atoms with Crippen LogP contribution in [0.3, 0.4) is 0 Å². The van der Waals surface area contributed by atoms with Crippen molar-refractivity contribution in [1.82, 2.24) is 15.6 Å². The molecule has 2 aromatic carbocycles. The van der Waals surface area contributed by atoms with Gasteiger partial charge >= 0.3 is 6.03 Å². The minimum Gasteiger partial charge on any atom is -0.334 e. The van der Waals surface area contributed by atoms with Crippen LogP contribution in [0.5, 0.6) is 0 Å². The van der Waals surface area contributed by atoms with E-state index in [4.69, 9.17) is 11.6 Å². The molecule has 112 valence electrons. The van der Waals surface area contributed by atoms with E-state index in [1.54, 1.807) is 23.5 Å². The number of carbonyl (C=O) groups excluding carboxylic acids is 1. The molecule has 0 radical (unpaired) electrons. The van der Waals surface area contributed by atoms with E-state index in [-0.39, 0.29) is 6.03 Å². The number of hydrogen-bond donors (Lipinski definition) is 2. The maximum atomic E-state index is 11.8. The first-order valence-electron chi connectivity index (χ1n) is 6.81. The predicted molar refractivity (Wildman–Crippen MR) is 90.1 cm³/mol. The van der Waals surface area contributed by atoms with Gasteiger partial charge in [-0.25, -0.2) is 9.78 Å². The van der Waals surface area contributed by atoms with E-state index < -0.39 is 0 Å². The van der Waals surface area contributed by atoms with E-state index in [0.717, 1.165) is 20.8 Å². The van der Waals surface area contributed by atoms with Crippen molar-refractivity contribution in [3.63, 3.8) is 0 Å². The smallest absolute Gasteiger partial charge is 0.315 e. The van der Waals surface area contributed by atoms with Gasteiger partial charge in [0.25, 0.3) is 0 Å². The van der Waals surface area contributed by atoms with Gasteiger partial charge in [-0.2, -0.15) is 0 Å². The van der Waals surface area contributed by atoms with E-state index in [9.17, 15) is 4.79 Å². The van der Waals surface area contributed by atoms with Crippen LogP contribution in [0.1, 0.15) is 10.6 Å². The van der Waals surface area contributed by atoms with Crippen molar-refractivity contribution in [3.8, 4) is 0 Å². The minimum absolute atomic E-state index is 0.214. The number of thiazole rings is 1. The molecule has 0 aliphatic carbocycles. The number of nitrogens with zero attached hydrogens (tertiary/aromatic N) is 1. The fraction of sp³-hybridized carbons (Fsp3) is 0.125. The molecule has 1 aromatic heterocycles. The summed E-state index contributed by atoms with van der Waals surface area (Å²) in [4.78, 5) is 16.3. The summed E-state index contributed by atoms with van der Waals surface area (Å²) in [5, 5.41) is 7.20. The lowest BCUT2D eigenvalue weighted by atomic mass is 10.2. The fourth-order valence-corrected chi connectivity index (χ4v) is 3.03. The number of urea groups is 1. The molecule has 0 saturated heterocycles. The fourth-order valence-electron chi connectivity index (χ4n) is 2.00. The summed E-state index contributed by atoms with van der Waals surface area (Å²) in [7, 11) is 0. The highest BCUT2D eigenvalue weighted by atomic mass is 35.5. The van der Waals surface area contributed by atoms with E-state index >= 15 is 0 Å². The highest BCUT2D eigenvalue weighted by molar-refractivity contribution is 7.18. The highest BCUT2D eigenvalue weighted by Gasteiger charge is 2.05. The SMILES string of the molecule is O=C(NCc1ccc(Cl)cc1)NCc1nc2ccccc2s1. The molecule has 1 heterocycles. The predicted octanol–water partition coefficient (Wildman–Crippen LogP) is 3.95. The van der Waals surface area contributed by atoms with Crippen molar-refractivity contribution < 1.29 is 4.79 Å². The lowest BCUT2D eigenvalue weighted by Crippen LogP contribution is -2.34. The summed E-state index contributed by atoms with van der Waals surface area (Å²) in [5.41, 5.74) is 1.96. The zero-order valence-corrected chi connectivity index (χ0v) is 13.2. The number of carbonyl (C=O) groups is 1. The van der Waals surface area contributed by atoms with Crippen LogP contribution < -0.4 is 10.6 Å². The normalized spacial score (nSPS) is 10.6. The Morgan fingerprint density at radius 1 is 1.05 bits per heavy atom. The van der Waals surface area contributed by atoms with E-state index in [1.807, 2.05) is 36.4 Å². The molecular weight excluding hydrogens is 318 g/mol. The topological polar surface area (TPSA) is 54.0 Å². The van der Waals surface area contributed by atoms with Gasteiger partial charge in [-0.15, -0.1) is 11.3 Å². The molecule has 3 aromatic rings. The van der Waals surface area contributed by atoms with Gasteiger partial charge in [0.2, 0.25) is 0 Å². The van der Waals surface area contributed by atoms with Crippen LogP contribution in [0.15, 0.2) is 48.5 Å². The lowest BCUT2D eigenvalue weighted by molar-refractivity contribution is 0.240. The summed E-state index contributed by atoms with van der Waals surface area (Å²) >= 11 is 7.41. The largest absolute Gasteiger partial charge is 0.334 e. The minimum atomic E-state index is -0.214.